The van der Waals surface area contributed by atoms with E-state index < -0.39 is 33.9 Å². The number of nitrogens with one attached hydrogen (secondary N) is 1. The molecular formula is C25H27N3O6S. The SMILES string of the molecule is COc1ccc(S(=O)(=O)N2CC(=O)N(Cc3ccco3)[C@](C)(C(=O)NCc3ccccc3)C2)cc1. The van der Waals surface area contributed by atoms with E-state index in [-0.39, 0.29) is 24.5 Å². The predicted molar refractivity (Wildman–Crippen MR) is 128 cm³/mol. The molecule has 184 valence electrons. The van der Waals surface area contributed by atoms with Gasteiger partial charge in [0.05, 0.1) is 31.4 Å². The van der Waals surface area contributed by atoms with Gasteiger partial charge in [-0.05, 0) is 48.9 Å². The maximum Gasteiger partial charge on any atom is 0.247 e. The van der Waals surface area contributed by atoms with Gasteiger partial charge in [0.1, 0.15) is 17.0 Å². The van der Waals surface area contributed by atoms with Crippen molar-refractivity contribution in [3.05, 3.63) is 84.3 Å². The summed E-state index contributed by atoms with van der Waals surface area (Å²) < 4.78 is 38.4. The molecular weight excluding hydrogens is 470 g/mol. The molecule has 1 N–H and O–H groups in total. The maximum atomic E-state index is 13.5. The molecule has 2 heterocycles. The van der Waals surface area contributed by atoms with Gasteiger partial charge in [-0.3, -0.25) is 9.59 Å². The van der Waals surface area contributed by atoms with E-state index in [0.717, 1.165) is 9.87 Å². The summed E-state index contributed by atoms with van der Waals surface area (Å²) in [7, 11) is -2.56. The molecule has 2 amide bonds. The quantitative estimate of drug-likeness (QED) is 0.512. The highest BCUT2D eigenvalue weighted by atomic mass is 32.2. The Balaban J connectivity index is 1.63. The highest BCUT2D eigenvalue weighted by Crippen LogP contribution is 2.30. The van der Waals surface area contributed by atoms with Gasteiger partial charge < -0.3 is 19.4 Å². The molecule has 0 radical (unpaired) electrons. The zero-order valence-electron chi connectivity index (χ0n) is 19.5. The van der Waals surface area contributed by atoms with Crippen LogP contribution < -0.4 is 10.1 Å². The number of piperazine rings is 1. The van der Waals surface area contributed by atoms with Gasteiger partial charge >= 0.3 is 0 Å². The van der Waals surface area contributed by atoms with Crippen molar-refractivity contribution in [3.63, 3.8) is 0 Å². The number of hydrogen-bond donors (Lipinski definition) is 1. The monoisotopic (exact) mass is 497 g/mol. The van der Waals surface area contributed by atoms with Crippen LogP contribution >= 0.6 is 0 Å². The first kappa shape index (κ1) is 24.5. The Kier molecular flexibility index (Phi) is 6.95. The summed E-state index contributed by atoms with van der Waals surface area (Å²) in [4.78, 5) is 28.2. The van der Waals surface area contributed by atoms with Crippen molar-refractivity contribution in [2.75, 3.05) is 20.2 Å². The van der Waals surface area contributed by atoms with Crippen LogP contribution in [0.3, 0.4) is 0 Å². The van der Waals surface area contributed by atoms with Gasteiger partial charge in [-0.2, -0.15) is 4.31 Å². The second-order valence-electron chi connectivity index (χ2n) is 8.45. The highest BCUT2D eigenvalue weighted by Gasteiger charge is 2.50. The van der Waals surface area contributed by atoms with E-state index in [0.29, 0.717) is 11.5 Å². The van der Waals surface area contributed by atoms with Crippen molar-refractivity contribution < 1.29 is 27.2 Å². The van der Waals surface area contributed by atoms with Crippen LogP contribution in [0.15, 0.2) is 82.3 Å². The molecule has 0 saturated carbocycles. The Labute approximate surface area is 204 Å². The number of ether oxygens (including phenoxy) is 1. The lowest BCUT2D eigenvalue weighted by atomic mass is 9.95. The molecule has 3 aromatic rings. The first-order valence-corrected chi connectivity index (χ1v) is 12.5. The minimum absolute atomic E-state index is 0.0117. The minimum atomic E-state index is -4.05. The fourth-order valence-corrected chi connectivity index (χ4v) is 5.53. The molecule has 0 spiro atoms. The van der Waals surface area contributed by atoms with E-state index in [1.54, 1.807) is 19.1 Å². The summed E-state index contributed by atoms with van der Waals surface area (Å²) in [6.45, 7) is 1.25. The number of hydrogen-bond acceptors (Lipinski definition) is 6. The smallest absolute Gasteiger partial charge is 0.247 e. The summed E-state index contributed by atoms with van der Waals surface area (Å²) in [5.41, 5.74) is -0.594. The lowest BCUT2D eigenvalue weighted by Gasteiger charge is -2.46. The number of furan rings is 1. The predicted octanol–water partition coefficient (Wildman–Crippen LogP) is 2.40. The molecule has 1 aliphatic rings. The van der Waals surface area contributed by atoms with Gasteiger partial charge in [-0.15, -0.1) is 0 Å². The van der Waals surface area contributed by atoms with Crippen molar-refractivity contribution in [2.24, 2.45) is 0 Å². The summed E-state index contributed by atoms with van der Waals surface area (Å²) in [6, 6.07) is 18.6. The molecule has 2 aromatic carbocycles. The Morgan fingerprint density at radius 2 is 1.80 bits per heavy atom. The molecule has 1 aliphatic heterocycles. The first-order valence-electron chi connectivity index (χ1n) is 11.0. The lowest BCUT2D eigenvalue weighted by molar-refractivity contribution is -0.154. The van der Waals surface area contributed by atoms with E-state index in [2.05, 4.69) is 5.32 Å². The van der Waals surface area contributed by atoms with E-state index in [1.807, 2.05) is 30.3 Å². The second-order valence-corrected chi connectivity index (χ2v) is 10.4. The zero-order valence-corrected chi connectivity index (χ0v) is 20.3. The van der Waals surface area contributed by atoms with Crippen LogP contribution in [0, 0.1) is 0 Å². The maximum absolute atomic E-state index is 13.5. The Morgan fingerprint density at radius 3 is 2.43 bits per heavy atom. The van der Waals surface area contributed by atoms with Crippen molar-refractivity contribution in [3.8, 4) is 5.75 Å². The van der Waals surface area contributed by atoms with Crippen LogP contribution in [0.4, 0.5) is 0 Å². The number of sulfonamides is 1. The fourth-order valence-electron chi connectivity index (χ4n) is 4.05. The van der Waals surface area contributed by atoms with E-state index >= 15 is 0 Å². The van der Waals surface area contributed by atoms with Crippen LogP contribution in [-0.2, 0) is 32.7 Å². The molecule has 1 fully saturated rings. The molecule has 0 bridgehead atoms. The number of nitrogens with zero attached hydrogens (tertiary/aromatic N) is 2. The van der Waals surface area contributed by atoms with Crippen molar-refractivity contribution in [1.82, 2.24) is 14.5 Å². The molecule has 1 saturated heterocycles. The van der Waals surface area contributed by atoms with Gasteiger partial charge in [0.2, 0.25) is 21.8 Å². The van der Waals surface area contributed by atoms with Crippen LogP contribution in [0.1, 0.15) is 18.2 Å². The molecule has 9 nitrogen and oxygen atoms in total. The van der Waals surface area contributed by atoms with Crippen LogP contribution in [0.5, 0.6) is 5.75 Å². The number of methoxy groups -OCH3 is 1. The average molecular weight is 498 g/mol. The molecule has 1 aromatic heterocycles. The van der Waals surface area contributed by atoms with Crippen LogP contribution in [-0.4, -0.2) is 55.2 Å². The van der Waals surface area contributed by atoms with E-state index in [9.17, 15) is 18.0 Å². The Morgan fingerprint density at radius 1 is 1.09 bits per heavy atom. The summed E-state index contributed by atoms with van der Waals surface area (Å²) in [5, 5.41) is 2.86. The summed E-state index contributed by atoms with van der Waals surface area (Å²) in [6.07, 6.45) is 1.48. The number of carbonyl (C=O) groups is 2. The van der Waals surface area contributed by atoms with Gasteiger partial charge in [0.15, 0.2) is 0 Å². The summed E-state index contributed by atoms with van der Waals surface area (Å²) >= 11 is 0. The topological polar surface area (TPSA) is 109 Å². The number of carbonyl (C=O) groups excluding carboxylic acids is 2. The van der Waals surface area contributed by atoms with Crippen LogP contribution in [0.25, 0.3) is 0 Å². The molecule has 4 rings (SSSR count). The third-order valence-corrected chi connectivity index (χ3v) is 7.87. The van der Waals surface area contributed by atoms with Gasteiger partial charge in [-0.25, -0.2) is 8.42 Å². The minimum Gasteiger partial charge on any atom is -0.497 e. The first-order chi connectivity index (χ1) is 16.7. The number of benzene rings is 2. The normalized spacial score (nSPS) is 18.9. The third kappa shape index (κ3) is 5.08. The number of rotatable bonds is 8. The van der Waals surface area contributed by atoms with E-state index in [1.165, 1.54) is 42.5 Å². The standard InChI is InChI=1S/C25H27N3O6S/c1-25(24(30)26-15-19-7-4-3-5-8-19)18-27(17-23(29)28(25)16-21-9-6-14-34-21)35(31,32)22-12-10-20(33-2)11-13-22/h3-14H,15-18H2,1-2H3,(H,26,30)/t25-/m0/s1. The van der Waals surface area contributed by atoms with Crippen molar-refractivity contribution in [2.45, 2.75) is 30.4 Å². The highest BCUT2D eigenvalue weighted by molar-refractivity contribution is 7.89. The van der Waals surface area contributed by atoms with Gasteiger partial charge in [0, 0.05) is 13.1 Å². The Bertz CT molecular complexity index is 1280. The molecule has 10 heteroatoms. The average Bonchev–Trinajstić information content (AvgIpc) is 3.38. The van der Waals surface area contributed by atoms with Crippen molar-refractivity contribution >= 4 is 21.8 Å². The summed E-state index contributed by atoms with van der Waals surface area (Å²) in [5.74, 6) is 0.0401. The molecule has 35 heavy (non-hydrogen) atoms. The fraction of sp³-hybridized carbons (Fsp3) is 0.280. The second kappa shape index (κ2) is 9.93. The number of amides is 2. The van der Waals surface area contributed by atoms with Gasteiger partial charge in [-0.1, -0.05) is 30.3 Å². The van der Waals surface area contributed by atoms with E-state index in [4.69, 9.17) is 9.15 Å². The molecule has 0 aliphatic carbocycles. The largest absolute Gasteiger partial charge is 0.497 e. The lowest BCUT2D eigenvalue weighted by Crippen LogP contribution is -2.69. The Hall–Kier alpha value is -3.63. The third-order valence-electron chi connectivity index (χ3n) is 6.07. The van der Waals surface area contributed by atoms with Crippen LogP contribution in [0.2, 0.25) is 0 Å². The molecule has 0 unspecified atom stereocenters. The molecule has 1 atom stereocenters. The zero-order chi connectivity index (χ0) is 25.1. The van der Waals surface area contributed by atoms with Gasteiger partial charge in [0.25, 0.3) is 0 Å². The van der Waals surface area contributed by atoms with Crippen molar-refractivity contribution in [1.29, 1.82) is 0 Å².